The molecule has 0 saturated heterocycles. The molecule has 4 heteroatoms. The third-order valence-electron chi connectivity index (χ3n) is 7.86. The van der Waals surface area contributed by atoms with Crippen LogP contribution in [-0.2, 0) is 4.79 Å². The summed E-state index contributed by atoms with van der Waals surface area (Å²) in [5.74, 6) is -0.0678. The van der Waals surface area contributed by atoms with Crippen LogP contribution in [0.2, 0.25) is 0 Å². The molecule has 0 spiro atoms. The quantitative estimate of drug-likeness (QED) is 0.0502. The fourth-order valence-electron chi connectivity index (χ4n) is 4.96. The number of nitrogens with one attached hydrogen (secondary N) is 1. The van der Waals surface area contributed by atoms with E-state index in [0.29, 0.717) is 12.8 Å². The number of allylic oxidation sites excluding steroid dienone is 16. The molecule has 0 aromatic carbocycles. The van der Waals surface area contributed by atoms with Gasteiger partial charge in [0.2, 0.25) is 5.91 Å². The van der Waals surface area contributed by atoms with Crippen LogP contribution in [0.15, 0.2) is 97.2 Å². The first-order valence-corrected chi connectivity index (χ1v) is 18.9. The van der Waals surface area contributed by atoms with Crippen LogP contribution in [0.25, 0.3) is 0 Å². The zero-order chi connectivity index (χ0) is 34.3. The maximum absolute atomic E-state index is 12.3. The zero-order valence-corrected chi connectivity index (χ0v) is 30.3. The lowest BCUT2D eigenvalue weighted by atomic mass is 10.0. The number of aliphatic hydroxyl groups is 2. The number of hydrogen-bond donors (Lipinski definition) is 3. The molecule has 1 amide bonds. The number of unbranched alkanes of at least 4 members (excludes halogenated alkanes) is 9. The summed E-state index contributed by atoms with van der Waals surface area (Å²) in [5.41, 5.74) is 0. The molecule has 4 nitrogen and oxygen atoms in total. The minimum absolute atomic E-state index is 0.0678. The van der Waals surface area contributed by atoms with Gasteiger partial charge in [-0.05, 0) is 77.0 Å². The normalized spacial score (nSPS) is 14.2. The topological polar surface area (TPSA) is 69.6 Å². The van der Waals surface area contributed by atoms with Crippen molar-refractivity contribution >= 4 is 5.91 Å². The molecule has 0 bridgehead atoms. The zero-order valence-electron chi connectivity index (χ0n) is 30.3. The summed E-state index contributed by atoms with van der Waals surface area (Å²) in [6.07, 6.45) is 56.3. The van der Waals surface area contributed by atoms with Gasteiger partial charge in [-0.2, -0.15) is 0 Å². The molecule has 0 aromatic heterocycles. The molecule has 0 aliphatic heterocycles. The summed E-state index contributed by atoms with van der Waals surface area (Å²) in [4.78, 5) is 12.3. The molecule has 0 aliphatic rings. The molecule has 266 valence electrons. The van der Waals surface area contributed by atoms with Crippen molar-refractivity contribution in [3.63, 3.8) is 0 Å². The van der Waals surface area contributed by atoms with E-state index in [1.807, 2.05) is 0 Å². The monoisotopic (exact) mass is 650 g/mol. The van der Waals surface area contributed by atoms with Crippen molar-refractivity contribution in [3.05, 3.63) is 97.2 Å². The number of amides is 1. The van der Waals surface area contributed by atoms with Gasteiger partial charge >= 0.3 is 0 Å². The van der Waals surface area contributed by atoms with Crippen molar-refractivity contribution in [2.45, 2.75) is 161 Å². The van der Waals surface area contributed by atoms with Crippen LogP contribution >= 0.6 is 0 Å². The molecule has 0 fully saturated rings. The summed E-state index contributed by atoms with van der Waals surface area (Å²) < 4.78 is 0. The summed E-state index contributed by atoms with van der Waals surface area (Å²) in [6.45, 7) is 4.15. The number of aliphatic hydroxyl groups excluding tert-OH is 2. The highest BCUT2D eigenvalue weighted by Gasteiger charge is 2.19. The van der Waals surface area contributed by atoms with E-state index < -0.39 is 12.1 Å². The highest BCUT2D eigenvalue weighted by atomic mass is 16.3. The Kier molecular flexibility index (Phi) is 35.6. The molecular formula is C43H71NO3. The van der Waals surface area contributed by atoms with Gasteiger partial charge in [0.15, 0.2) is 0 Å². The fraction of sp³-hybridized carbons (Fsp3) is 0.605. The van der Waals surface area contributed by atoms with Gasteiger partial charge in [-0.1, -0.05) is 162 Å². The second-order valence-corrected chi connectivity index (χ2v) is 12.3. The average molecular weight is 650 g/mol. The van der Waals surface area contributed by atoms with Gasteiger partial charge in [0, 0.05) is 6.42 Å². The first-order chi connectivity index (χ1) is 23.2. The Morgan fingerprint density at radius 1 is 0.532 bits per heavy atom. The Balaban J connectivity index is 3.68. The predicted molar refractivity (Wildman–Crippen MR) is 206 cm³/mol. The van der Waals surface area contributed by atoms with E-state index in [-0.39, 0.29) is 12.5 Å². The highest BCUT2D eigenvalue weighted by Crippen LogP contribution is 2.11. The van der Waals surface area contributed by atoms with E-state index in [1.165, 1.54) is 25.7 Å². The first kappa shape index (κ1) is 44.3. The number of carbonyl (C=O) groups is 1. The second-order valence-electron chi connectivity index (χ2n) is 12.3. The van der Waals surface area contributed by atoms with Gasteiger partial charge in [-0.15, -0.1) is 0 Å². The molecular weight excluding hydrogens is 578 g/mol. The van der Waals surface area contributed by atoms with Crippen molar-refractivity contribution < 1.29 is 15.0 Å². The van der Waals surface area contributed by atoms with Crippen LogP contribution in [0.4, 0.5) is 0 Å². The maximum atomic E-state index is 12.3. The number of carbonyl (C=O) groups excluding carboxylic acids is 1. The van der Waals surface area contributed by atoms with E-state index in [9.17, 15) is 15.0 Å². The van der Waals surface area contributed by atoms with Crippen molar-refractivity contribution in [2.75, 3.05) is 6.61 Å². The lowest BCUT2D eigenvalue weighted by molar-refractivity contribution is -0.123. The van der Waals surface area contributed by atoms with E-state index in [2.05, 4.69) is 116 Å². The maximum Gasteiger partial charge on any atom is 0.220 e. The van der Waals surface area contributed by atoms with Crippen LogP contribution in [-0.4, -0.2) is 34.9 Å². The Morgan fingerprint density at radius 3 is 1.40 bits per heavy atom. The number of hydrogen-bond acceptors (Lipinski definition) is 3. The van der Waals surface area contributed by atoms with Crippen LogP contribution in [0, 0.1) is 0 Å². The minimum Gasteiger partial charge on any atom is -0.394 e. The Bertz CT molecular complexity index is 921. The Labute approximate surface area is 290 Å². The lowest BCUT2D eigenvalue weighted by Gasteiger charge is -2.22. The van der Waals surface area contributed by atoms with E-state index in [4.69, 9.17) is 0 Å². The molecule has 0 aliphatic carbocycles. The molecule has 3 N–H and O–H groups in total. The molecule has 0 heterocycles. The lowest BCUT2D eigenvalue weighted by Crippen LogP contribution is -2.45. The third kappa shape index (κ3) is 34.5. The van der Waals surface area contributed by atoms with Crippen LogP contribution in [0.1, 0.15) is 149 Å². The van der Waals surface area contributed by atoms with Crippen molar-refractivity contribution in [3.8, 4) is 0 Å². The predicted octanol–water partition coefficient (Wildman–Crippen LogP) is 11.5. The van der Waals surface area contributed by atoms with Gasteiger partial charge in [-0.25, -0.2) is 0 Å². The third-order valence-corrected chi connectivity index (χ3v) is 7.86. The Morgan fingerprint density at radius 2 is 0.936 bits per heavy atom. The molecule has 2 unspecified atom stereocenters. The average Bonchev–Trinajstić information content (AvgIpc) is 3.07. The highest BCUT2D eigenvalue weighted by molar-refractivity contribution is 5.76. The van der Waals surface area contributed by atoms with Crippen molar-refractivity contribution in [2.24, 2.45) is 0 Å². The molecule has 0 saturated carbocycles. The van der Waals surface area contributed by atoms with E-state index in [1.54, 1.807) is 0 Å². The second kappa shape index (κ2) is 37.8. The minimum atomic E-state index is -0.673. The van der Waals surface area contributed by atoms with Gasteiger partial charge in [-0.3, -0.25) is 4.79 Å². The summed E-state index contributed by atoms with van der Waals surface area (Å²) in [6, 6.07) is -0.553. The van der Waals surface area contributed by atoms with E-state index in [0.717, 1.165) is 96.3 Å². The summed E-state index contributed by atoms with van der Waals surface area (Å²) in [7, 11) is 0. The molecule has 0 radical (unpaired) electrons. The van der Waals surface area contributed by atoms with Gasteiger partial charge in [0.1, 0.15) is 0 Å². The van der Waals surface area contributed by atoms with E-state index >= 15 is 0 Å². The van der Waals surface area contributed by atoms with Crippen molar-refractivity contribution in [1.82, 2.24) is 5.32 Å². The molecule has 47 heavy (non-hydrogen) atoms. The SMILES string of the molecule is CC/C=C\C/C=C\C/C=C\C/C=C\C/C=C\C/C=C\C/C=C\C/C=C\CCCCCCC(=O)NC(CO)C(O)CCCCCCCC. The van der Waals surface area contributed by atoms with Gasteiger partial charge in [0.05, 0.1) is 18.8 Å². The van der Waals surface area contributed by atoms with Crippen LogP contribution in [0.5, 0.6) is 0 Å². The smallest absolute Gasteiger partial charge is 0.220 e. The van der Waals surface area contributed by atoms with Gasteiger partial charge < -0.3 is 15.5 Å². The van der Waals surface area contributed by atoms with Crippen molar-refractivity contribution in [1.29, 1.82) is 0 Å². The van der Waals surface area contributed by atoms with Gasteiger partial charge in [0.25, 0.3) is 0 Å². The summed E-state index contributed by atoms with van der Waals surface area (Å²) >= 11 is 0. The molecule has 2 atom stereocenters. The van der Waals surface area contributed by atoms with Crippen LogP contribution < -0.4 is 5.32 Å². The standard InChI is InChI=1S/C43H71NO3/c1-3-5-7-9-11-12-13-14-15-16-17-18-19-20-21-22-23-24-25-26-27-28-29-30-31-32-33-35-37-39-43(47)44-41(40-45)42(46)38-36-34-10-8-6-4-2/h5,7,11-12,14-15,17-18,20-21,23-24,26-27,29-30,41-42,45-46H,3-4,6,8-10,13,16,19,22,25,28,31-40H2,1-2H3,(H,44,47)/b7-5-,12-11-,15-14-,18-17-,21-20-,24-23-,27-26-,30-29-. The largest absolute Gasteiger partial charge is 0.394 e. The molecule has 0 rings (SSSR count). The number of rotatable bonds is 32. The van der Waals surface area contributed by atoms with Crippen LogP contribution in [0.3, 0.4) is 0 Å². The molecule has 0 aromatic rings. The summed E-state index contributed by atoms with van der Waals surface area (Å²) in [5, 5.41) is 22.8. The Hall–Kier alpha value is -2.69. The first-order valence-electron chi connectivity index (χ1n) is 18.9. The fourth-order valence-corrected chi connectivity index (χ4v) is 4.96.